The number of fused-ring (bicyclic) bond motifs is 1. The summed E-state index contributed by atoms with van der Waals surface area (Å²) in [5, 5.41) is 0. The molecule has 2 rings (SSSR count). The highest BCUT2D eigenvalue weighted by atomic mass is 19.1. The van der Waals surface area contributed by atoms with Crippen LogP contribution in [0.2, 0.25) is 0 Å². The quantitative estimate of drug-likeness (QED) is 0.633. The van der Waals surface area contributed by atoms with Gasteiger partial charge in [-0.1, -0.05) is 13.0 Å². The summed E-state index contributed by atoms with van der Waals surface area (Å²) in [6.45, 7) is 8.18. The minimum atomic E-state index is -0.386. The Morgan fingerprint density at radius 2 is 1.93 bits per heavy atom. The molecule has 0 unspecified atom stereocenters. The molecule has 2 heteroatoms. The van der Waals surface area contributed by atoms with Gasteiger partial charge in [0.25, 0.3) is 0 Å². The van der Waals surface area contributed by atoms with Crippen molar-refractivity contribution >= 4 is 0 Å². The third-order valence-corrected chi connectivity index (χ3v) is 3.34. The Balaban J connectivity index is 2.59. The molecule has 1 aliphatic rings. The molecule has 0 saturated heterocycles. The Labute approximate surface area is 90.3 Å². The van der Waals surface area contributed by atoms with Crippen LogP contribution >= 0.6 is 0 Å². The second-order valence-corrected chi connectivity index (χ2v) is 4.85. The summed E-state index contributed by atoms with van der Waals surface area (Å²) >= 11 is 0. The molecule has 0 aliphatic carbocycles. The van der Waals surface area contributed by atoms with Crippen LogP contribution in [0, 0.1) is 5.82 Å². The zero-order valence-electron chi connectivity index (χ0n) is 9.67. The van der Waals surface area contributed by atoms with E-state index in [9.17, 15) is 4.39 Å². The standard InChI is InChI=1S/C13H17FO/c1-8-9(2)15-13(3,4)12-7-10(14)5-6-11(8)12/h5-9H,1-4H3/t8-,9-/m0/s1. The largest absolute Gasteiger partial charge is 0.367 e. The van der Waals surface area contributed by atoms with Crippen molar-refractivity contribution in [2.75, 3.05) is 0 Å². The second-order valence-electron chi connectivity index (χ2n) is 4.85. The SMILES string of the molecule is C[C@@H]1OC(C)(C)c2cc(F)ccc2[C@H]1C. The number of hydrogen-bond acceptors (Lipinski definition) is 1. The second kappa shape index (κ2) is 3.31. The van der Waals surface area contributed by atoms with E-state index in [-0.39, 0.29) is 17.5 Å². The minimum absolute atomic E-state index is 0.179. The third-order valence-electron chi connectivity index (χ3n) is 3.34. The van der Waals surface area contributed by atoms with Gasteiger partial charge < -0.3 is 4.74 Å². The lowest BCUT2D eigenvalue weighted by Gasteiger charge is -2.40. The zero-order chi connectivity index (χ0) is 11.2. The number of rotatable bonds is 0. The summed E-state index contributed by atoms with van der Waals surface area (Å²) in [4.78, 5) is 0. The molecular formula is C13H17FO. The van der Waals surface area contributed by atoms with E-state index in [1.165, 1.54) is 11.6 Å². The van der Waals surface area contributed by atoms with E-state index < -0.39 is 0 Å². The Morgan fingerprint density at radius 3 is 2.60 bits per heavy atom. The Bertz CT molecular complexity index is 384. The maximum absolute atomic E-state index is 13.2. The monoisotopic (exact) mass is 208 g/mol. The van der Waals surface area contributed by atoms with Gasteiger partial charge in [-0.25, -0.2) is 4.39 Å². The molecule has 0 fully saturated rings. The molecule has 2 atom stereocenters. The fourth-order valence-electron chi connectivity index (χ4n) is 2.33. The van der Waals surface area contributed by atoms with E-state index in [2.05, 4.69) is 13.8 Å². The molecule has 0 aromatic heterocycles. The lowest BCUT2D eigenvalue weighted by atomic mass is 9.81. The summed E-state index contributed by atoms with van der Waals surface area (Å²) < 4.78 is 19.1. The van der Waals surface area contributed by atoms with Crippen LogP contribution in [-0.4, -0.2) is 6.10 Å². The first kappa shape index (κ1) is 10.6. The molecule has 1 aromatic carbocycles. The van der Waals surface area contributed by atoms with E-state index >= 15 is 0 Å². The van der Waals surface area contributed by atoms with Crippen LogP contribution in [0.25, 0.3) is 0 Å². The summed E-state index contributed by atoms with van der Waals surface area (Å²) in [6.07, 6.45) is 0.179. The molecule has 0 N–H and O–H groups in total. The van der Waals surface area contributed by atoms with Crippen LogP contribution in [0.15, 0.2) is 18.2 Å². The summed E-state index contributed by atoms with van der Waals surface area (Å²) in [5.74, 6) is 0.140. The predicted molar refractivity (Wildman–Crippen MR) is 58.4 cm³/mol. The maximum Gasteiger partial charge on any atom is 0.123 e. The first-order valence-electron chi connectivity index (χ1n) is 5.39. The highest BCUT2D eigenvalue weighted by Gasteiger charge is 2.36. The Morgan fingerprint density at radius 1 is 1.27 bits per heavy atom. The number of benzene rings is 1. The van der Waals surface area contributed by atoms with Crippen molar-refractivity contribution in [3.8, 4) is 0 Å². The first-order chi connectivity index (χ1) is 6.92. The molecular weight excluding hydrogens is 191 g/mol. The van der Waals surface area contributed by atoms with Gasteiger partial charge in [-0.2, -0.15) is 0 Å². The number of halogens is 1. The summed E-state index contributed by atoms with van der Waals surface area (Å²) in [7, 11) is 0. The molecule has 1 aromatic rings. The zero-order valence-corrected chi connectivity index (χ0v) is 9.67. The van der Waals surface area contributed by atoms with Crippen molar-refractivity contribution < 1.29 is 9.13 Å². The first-order valence-corrected chi connectivity index (χ1v) is 5.39. The fraction of sp³-hybridized carbons (Fsp3) is 0.538. The minimum Gasteiger partial charge on any atom is -0.367 e. The van der Waals surface area contributed by atoms with E-state index in [1.54, 1.807) is 6.07 Å². The summed E-state index contributed by atoms with van der Waals surface area (Å²) in [5.41, 5.74) is 1.80. The molecule has 0 saturated carbocycles. The molecule has 15 heavy (non-hydrogen) atoms. The smallest absolute Gasteiger partial charge is 0.123 e. The van der Waals surface area contributed by atoms with Gasteiger partial charge in [0.05, 0.1) is 11.7 Å². The average Bonchev–Trinajstić information content (AvgIpc) is 2.14. The molecule has 1 nitrogen and oxygen atoms in total. The molecule has 0 bridgehead atoms. The van der Waals surface area contributed by atoms with Crippen LogP contribution in [-0.2, 0) is 10.3 Å². The van der Waals surface area contributed by atoms with Crippen molar-refractivity contribution in [3.63, 3.8) is 0 Å². The highest BCUT2D eigenvalue weighted by Crippen LogP contribution is 2.41. The van der Waals surface area contributed by atoms with Crippen molar-refractivity contribution in [1.29, 1.82) is 0 Å². The molecule has 0 radical (unpaired) electrons. The molecule has 1 aliphatic heterocycles. The van der Waals surface area contributed by atoms with Crippen molar-refractivity contribution in [1.82, 2.24) is 0 Å². The summed E-state index contributed by atoms with van der Waals surface area (Å²) in [6, 6.07) is 5.01. The van der Waals surface area contributed by atoms with Gasteiger partial charge in [-0.05, 0) is 44.0 Å². The van der Waals surface area contributed by atoms with Crippen molar-refractivity contribution in [2.24, 2.45) is 0 Å². The molecule has 82 valence electrons. The topological polar surface area (TPSA) is 9.23 Å². The Kier molecular flexibility index (Phi) is 2.34. The maximum atomic E-state index is 13.2. The van der Waals surface area contributed by atoms with Crippen molar-refractivity contribution in [3.05, 3.63) is 35.1 Å². The number of ether oxygens (including phenoxy) is 1. The van der Waals surface area contributed by atoms with E-state index in [4.69, 9.17) is 4.74 Å². The third kappa shape index (κ3) is 1.67. The molecule has 0 amide bonds. The van der Waals surface area contributed by atoms with Gasteiger partial charge in [-0.15, -0.1) is 0 Å². The van der Waals surface area contributed by atoms with Crippen molar-refractivity contribution in [2.45, 2.75) is 45.3 Å². The van der Waals surface area contributed by atoms with E-state index in [0.29, 0.717) is 5.92 Å². The van der Waals surface area contributed by atoms with Gasteiger partial charge >= 0.3 is 0 Å². The molecule has 0 spiro atoms. The van der Waals surface area contributed by atoms with Crippen LogP contribution in [0.3, 0.4) is 0 Å². The normalized spacial score (nSPS) is 28.6. The van der Waals surface area contributed by atoms with Crippen LogP contribution < -0.4 is 0 Å². The van der Waals surface area contributed by atoms with Crippen LogP contribution in [0.5, 0.6) is 0 Å². The average molecular weight is 208 g/mol. The predicted octanol–water partition coefficient (Wildman–Crippen LogP) is 3.58. The van der Waals surface area contributed by atoms with Gasteiger partial charge in [0.1, 0.15) is 5.82 Å². The molecule has 1 heterocycles. The van der Waals surface area contributed by atoms with E-state index in [1.807, 2.05) is 19.9 Å². The number of hydrogen-bond donors (Lipinski definition) is 0. The van der Waals surface area contributed by atoms with Gasteiger partial charge in [0.15, 0.2) is 0 Å². The van der Waals surface area contributed by atoms with Crippen LogP contribution in [0.4, 0.5) is 4.39 Å². The van der Waals surface area contributed by atoms with E-state index in [0.717, 1.165) is 5.56 Å². The van der Waals surface area contributed by atoms with Gasteiger partial charge in [-0.3, -0.25) is 0 Å². The van der Waals surface area contributed by atoms with Crippen LogP contribution in [0.1, 0.15) is 44.7 Å². The lowest BCUT2D eigenvalue weighted by molar-refractivity contribution is -0.0902. The van der Waals surface area contributed by atoms with Gasteiger partial charge in [0.2, 0.25) is 0 Å². The lowest BCUT2D eigenvalue weighted by Crippen LogP contribution is -2.36. The Hall–Kier alpha value is -0.890. The highest BCUT2D eigenvalue weighted by molar-refractivity contribution is 5.37. The van der Waals surface area contributed by atoms with Gasteiger partial charge in [0, 0.05) is 5.92 Å². The fourth-order valence-corrected chi connectivity index (χ4v) is 2.33.